The average molecular weight is 410 g/mol. The molecule has 0 bridgehead atoms. The number of H-pyrrole nitrogens is 2. The zero-order valence-corrected chi connectivity index (χ0v) is 14.1. The Morgan fingerprint density at radius 1 is 1.00 bits per heavy atom. The number of fused-ring (bicyclic) bond motifs is 1. The van der Waals surface area contributed by atoms with Crippen molar-refractivity contribution in [2.24, 2.45) is 0 Å². The van der Waals surface area contributed by atoms with E-state index in [1.54, 1.807) is 18.2 Å². The SMILES string of the molecule is Cc1cc(Br)ccc1C(=O)c1cc2[nH]c(=O)[nH]c2cc1Br. The number of benzene rings is 2. The molecule has 3 aromatic rings. The molecule has 0 aliphatic carbocycles. The van der Waals surface area contributed by atoms with Gasteiger partial charge >= 0.3 is 5.69 Å². The Hall–Kier alpha value is -1.66. The fourth-order valence-corrected chi connectivity index (χ4v) is 3.26. The van der Waals surface area contributed by atoms with Crippen LogP contribution in [0.15, 0.2) is 44.1 Å². The van der Waals surface area contributed by atoms with Crippen LogP contribution in [0.1, 0.15) is 21.5 Å². The van der Waals surface area contributed by atoms with Crippen LogP contribution in [0.5, 0.6) is 0 Å². The van der Waals surface area contributed by atoms with E-state index in [4.69, 9.17) is 0 Å². The monoisotopic (exact) mass is 408 g/mol. The summed E-state index contributed by atoms with van der Waals surface area (Å²) in [6.07, 6.45) is 0. The zero-order valence-electron chi connectivity index (χ0n) is 11.0. The largest absolute Gasteiger partial charge is 0.323 e. The first-order chi connectivity index (χ1) is 9.95. The summed E-state index contributed by atoms with van der Waals surface area (Å²) < 4.78 is 1.58. The van der Waals surface area contributed by atoms with Gasteiger partial charge in [-0.25, -0.2) is 4.79 Å². The molecule has 1 heterocycles. The molecule has 21 heavy (non-hydrogen) atoms. The normalized spacial score (nSPS) is 11.0. The van der Waals surface area contributed by atoms with Gasteiger partial charge < -0.3 is 9.97 Å². The van der Waals surface area contributed by atoms with Crippen molar-refractivity contribution in [1.82, 2.24) is 9.97 Å². The molecule has 0 saturated heterocycles. The third kappa shape index (κ3) is 2.61. The van der Waals surface area contributed by atoms with E-state index >= 15 is 0 Å². The molecule has 0 aliphatic heterocycles. The Labute approximate surface area is 136 Å². The third-order valence-corrected chi connectivity index (χ3v) is 4.43. The standard InChI is InChI=1S/C15H10Br2N2O2/c1-7-4-8(16)2-3-9(7)14(20)10-5-12-13(6-11(10)17)19-15(21)18-12/h2-6H,1H3,(H2,18,19,21). The highest BCUT2D eigenvalue weighted by Gasteiger charge is 2.16. The third-order valence-electron chi connectivity index (χ3n) is 3.28. The van der Waals surface area contributed by atoms with Gasteiger partial charge in [-0.1, -0.05) is 15.9 Å². The number of aromatic amines is 2. The minimum Gasteiger partial charge on any atom is -0.306 e. The number of rotatable bonds is 2. The fourth-order valence-electron chi connectivity index (χ4n) is 2.26. The van der Waals surface area contributed by atoms with E-state index in [-0.39, 0.29) is 11.5 Å². The van der Waals surface area contributed by atoms with Crippen molar-refractivity contribution < 1.29 is 4.79 Å². The minimum absolute atomic E-state index is 0.0872. The van der Waals surface area contributed by atoms with Crippen LogP contribution in [-0.4, -0.2) is 15.8 Å². The van der Waals surface area contributed by atoms with Gasteiger partial charge in [-0.3, -0.25) is 4.79 Å². The van der Waals surface area contributed by atoms with Crippen molar-refractivity contribution in [3.63, 3.8) is 0 Å². The predicted molar refractivity (Wildman–Crippen MR) is 88.9 cm³/mol. The summed E-state index contributed by atoms with van der Waals surface area (Å²) in [5, 5.41) is 0. The van der Waals surface area contributed by atoms with Gasteiger partial charge in [-0.2, -0.15) is 0 Å². The summed E-state index contributed by atoms with van der Waals surface area (Å²) in [4.78, 5) is 29.4. The van der Waals surface area contributed by atoms with E-state index in [1.807, 2.05) is 19.1 Å². The first kappa shape index (κ1) is 14.3. The molecule has 0 radical (unpaired) electrons. The van der Waals surface area contributed by atoms with Gasteiger partial charge in [0.1, 0.15) is 0 Å². The van der Waals surface area contributed by atoms with Gasteiger partial charge in [-0.05, 0) is 58.7 Å². The molecule has 1 aromatic heterocycles. The number of ketones is 1. The van der Waals surface area contributed by atoms with Crippen molar-refractivity contribution in [2.45, 2.75) is 6.92 Å². The molecule has 3 rings (SSSR count). The molecule has 106 valence electrons. The summed E-state index contributed by atoms with van der Waals surface area (Å²) in [6.45, 7) is 1.89. The molecule has 0 spiro atoms. The van der Waals surface area contributed by atoms with Crippen molar-refractivity contribution in [1.29, 1.82) is 0 Å². The minimum atomic E-state index is -0.290. The summed E-state index contributed by atoms with van der Waals surface area (Å²) in [7, 11) is 0. The highest BCUT2D eigenvalue weighted by molar-refractivity contribution is 9.10. The average Bonchev–Trinajstić information content (AvgIpc) is 2.76. The molecule has 0 saturated carbocycles. The second-order valence-electron chi connectivity index (χ2n) is 4.75. The molecule has 0 atom stereocenters. The molecule has 0 aliphatic rings. The molecule has 2 N–H and O–H groups in total. The van der Waals surface area contributed by atoms with Gasteiger partial charge in [0.25, 0.3) is 0 Å². The first-order valence-corrected chi connectivity index (χ1v) is 7.76. The topological polar surface area (TPSA) is 65.7 Å². The van der Waals surface area contributed by atoms with Crippen LogP contribution in [0.3, 0.4) is 0 Å². The lowest BCUT2D eigenvalue weighted by atomic mass is 9.99. The quantitative estimate of drug-likeness (QED) is 0.630. The second-order valence-corrected chi connectivity index (χ2v) is 6.52. The molecule has 0 unspecified atom stereocenters. The van der Waals surface area contributed by atoms with E-state index in [0.29, 0.717) is 26.6 Å². The number of aromatic nitrogens is 2. The molecule has 0 fully saturated rings. The van der Waals surface area contributed by atoms with Gasteiger partial charge in [-0.15, -0.1) is 0 Å². The zero-order chi connectivity index (χ0) is 15.1. The lowest BCUT2D eigenvalue weighted by Crippen LogP contribution is -2.04. The van der Waals surface area contributed by atoms with Gasteiger partial charge in [0, 0.05) is 20.1 Å². The molecular weight excluding hydrogens is 400 g/mol. The number of hydrogen-bond acceptors (Lipinski definition) is 2. The Morgan fingerprint density at radius 3 is 2.33 bits per heavy atom. The van der Waals surface area contributed by atoms with E-state index in [0.717, 1.165) is 10.0 Å². The molecule has 6 heteroatoms. The Bertz CT molecular complexity index is 925. The van der Waals surface area contributed by atoms with Crippen molar-refractivity contribution >= 4 is 48.7 Å². The molecular formula is C15H10Br2N2O2. The number of aryl methyl sites for hydroxylation is 1. The first-order valence-electron chi connectivity index (χ1n) is 6.18. The number of nitrogens with one attached hydrogen (secondary N) is 2. The number of halogens is 2. The van der Waals surface area contributed by atoms with Crippen LogP contribution in [0.25, 0.3) is 11.0 Å². The fraction of sp³-hybridized carbons (Fsp3) is 0.0667. The lowest BCUT2D eigenvalue weighted by Gasteiger charge is -2.07. The van der Waals surface area contributed by atoms with Crippen LogP contribution in [0.2, 0.25) is 0 Å². The van der Waals surface area contributed by atoms with Gasteiger partial charge in [0.2, 0.25) is 0 Å². The smallest absolute Gasteiger partial charge is 0.306 e. The van der Waals surface area contributed by atoms with Crippen LogP contribution in [-0.2, 0) is 0 Å². The maximum Gasteiger partial charge on any atom is 0.323 e. The molecule has 0 amide bonds. The van der Waals surface area contributed by atoms with E-state index < -0.39 is 0 Å². The van der Waals surface area contributed by atoms with E-state index in [1.165, 1.54) is 0 Å². The molecule has 4 nitrogen and oxygen atoms in total. The summed E-state index contributed by atoms with van der Waals surface area (Å²) in [5.41, 5.74) is 3.03. The highest BCUT2D eigenvalue weighted by atomic mass is 79.9. The van der Waals surface area contributed by atoms with Crippen molar-refractivity contribution in [3.05, 3.63) is 66.5 Å². The Morgan fingerprint density at radius 2 is 1.67 bits per heavy atom. The van der Waals surface area contributed by atoms with Crippen LogP contribution in [0.4, 0.5) is 0 Å². The second kappa shape index (κ2) is 5.27. The Balaban J connectivity index is 2.16. The molecule has 2 aromatic carbocycles. The number of imidazole rings is 1. The predicted octanol–water partition coefficient (Wildman–Crippen LogP) is 3.92. The van der Waals surface area contributed by atoms with Crippen molar-refractivity contribution in [3.8, 4) is 0 Å². The van der Waals surface area contributed by atoms with Gasteiger partial charge in [0.15, 0.2) is 5.78 Å². The summed E-state index contributed by atoms with van der Waals surface area (Å²) in [6, 6.07) is 8.94. The van der Waals surface area contributed by atoms with E-state index in [2.05, 4.69) is 41.8 Å². The highest BCUT2D eigenvalue weighted by Crippen LogP contribution is 2.26. The van der Waals surface area contributed by atoms with Crippen LogP contribution in [0, 0.1) is 6.92 Å². The number of hydrogen-bond donors (Lipinski definition) is 2. The maximum absolute atomic E-state index is 12.7. The lowest BCUT2D eigenvalue weighted by molar-refractivity contribution is 0.103. The van der Waals surface area contributed by atoms with E-state index in [9.17, 15) is 9.59 Å². The summed E-state index contributed by atoms with van der Waals surface area (Å²) in [5.74, 6) is -0.0872. The number of carbonyl (C=O) groups is 1. The number of carbonyl (C=O) groups excluding carboxylic acids is 1. The maximum atomic E-state index is 12.7. The van der Waals surface area contributed by atoms with Crippen LogP contribution < -0.4 is 5.69 Å². The summed E-state index contributed by atoms with van der Waals surface area (Å²) >= 11 is 6.78. The van der Waals surface area contributed by atoms with Crippen LogP contribution >= 0.6 is 31.9 Å². The van der Waals surface area contributed by atoms with Gasteiger partial charge in [0.05, 0.1) is 11.0 Å². The van der Waals surface area contributed by atoms with Crippen molar-refractivity contribution in [2.75, 3.05) is 0 Å². The Kier molecular flexibility index (Phi) is 3.59.